The number of fused-ring (bicyclic) bond motifs is 1. The van der Waals surface area contributed by atoms with Gasteiger partial charge in [-0.25, -0.2) is 4.98 Å². The highest BCUT2D eigenvalue weighted by atomic mass is 16.3. The van der Waals surface area contributed by atoms with Crippen LogP contribution in [-0.4, -0.2) is 45.6 Å². The molecule has 0 aliphatic heterocycles. The molecule has 1 amide bonds. The maximum absolute atomic E-state index is 11.9. The summed E-state index contributed by atoms with van der Waals surface area (Å²) in [5, 5.41) is 8.88. The number of aliphatic hydroxyl groups is 1. The van der Waals surface area contributed by atoms with Crippen LogP contribution in [0.5, 0.6) is 0 Å². The Morgan fingerprint density at radius 2 is 2.10 bits per heavy atom. The van der Waals surface area contributed by atoms with Gasteiger partial charge in [-0.2, -0.15) is 0 Å². The van der Waals surface area contributed by atoms with Gasteiger partial charge in [0.15, 0.2) is 0 Å². The van der Waals surface area contributed by atoms with E-state index in [1.807, 2.05) is 31.2 Å². The molecule has 2 aromatic rings. The molecule has 0 spiro atoms. The van der Waals surface area contributed by atoms with Gasteiger partial charge in [0.1, 0.15) is 0 Å². The molecule has 1 heterocycles. The number of aromatic nitrogens is 2. The van der Waals surface area contributed by atoms with Gasteiger partial charge < -0.3 is 10.0 Å². The number of aliphatic hydroxyl groups excluding tert-OH is 1. The highest BCUT2D eigenvalue weighted by molar-refractivity contribution is 5.91. The number of para-hydroxylation sites is 2. The average molecular weight is 271 g/mol. The predicted molar refractivity (Wildman–Crippen MR) is 77.9 cm³/mol. The molecule has 1 aromatic heterocycles. The fourth-order valence-corrected chi connectivity index (χ4v) is 1.86. The fourth-order valence-electron chi connectivity index (χ4n) is 1.86. The van der Waals surface area contributed by atoms with Crippen LogP contribution in [0.1, 0.15) is 12.6 Å². The van der Waals surface area contributed by atoms with Gasteiger partial charge in [-0.3, -0.25) is 9.78 Å². The van der Waals surface area contributed by atoms with Gasteiger partial charge in [-0.05, 0) is 25.1 Å². The molecule has 1 aromatic carbocycles. The first-order valence-corrected chi connectivity index (χ1v) is 6.54. The second-order valence-electron chi connectivity index (χ2n) is 4.26. The molecule has 0 fully saturated rings. The van der Waals surface area contributed by atoms with Gasteiger partial charge in [0.25, 0.3) is 0 Å². The van der Waals surface area contributed by atoms with E-state index in [2.05, 4.69) is 9.97 Å². The Morgan fingerprint density at radius 1 is 1.35 bits per heavy atom. The first-order valence-electron chi connectivity index (χ1n) is 6.54. The minimum Gasteiger partial charge on any atom is -0.395 e. The van der Waals surface area contributed by atoms with E-state index in [-0.39, 0.29) is 12.5 Å². The lowest BCUT2D eigenvalue weighted by Gasteiger charge is -2.17. The molecular formula is C15H17N3O2. The summed E-state index contributed by atoms with van der Waals surface area (Å²) >= 11 is 0. The SMILES string of the molecule is CCN(CCO)C(=O)/C=C/c1cnc2ccccc2n1. The maximum Gasteiger partial charge on any atom is 0.246 e. The van der Waals surface area contributed by atoms with E-state index in [0.717, 1.165) is 11.0 Å². The van der Waals surface area contributed by atoms with Crippen molar-refractivity contribution in [3.63, 3.8) is 0 Å². The zero-order valence-corrected chi connectivity index (χ0v) is 11.4. The summed E-state index contributed by atoms with van der Waals surface area (Å²) in [4.78, 5) is 22.1. The summed E-state index contributed by atoms with van der Waals surface area (Å²) in [6.45, 7) is 2.73. The molecule has 2 rings (SSSR count). The molecule has 0 bridgehead atoms. The van der Waals surface area contributed by atoms with Gasteiger partial charge in [0.05, 0.1) is 29.5 Å². The Labute approximate surface area is 117 Å². The lowest BCUT2D eigenvalue weighted by atomic mass is 10.3. The molecule has 0 unspecified atom stereocenters. The number of hydrogen-bond acceptors (Lipinski definition) is 4. The first-order chi connectivity index (χ1) is 9.74. The Bertz CT molecular complexity index is 625. The lowest BCUT2D eigenvalue weighted by molar-refractivity contribution is -0.126. The van der Waals surface area contributed by atoms with Gasteiger partial charge in [0.2, 0.25) is 5.91 Å². The predicted octanol–water partition coefficient (Wildman–Crippen LogP) is 1.48. The second kappa shape index (κ2) is 6.77. The highest BCUT2D eigenvalue weighted by Gasteiger charge is 2.06. The van der Waals surface area contributed by atoms with Crippen LogP contribution in [-0.2, 0) is 4.79 Å². The summed E-state index contributed by atoms with van der Waals surface area (Å²) in [6, 6.07) is 7.58. The van der Waals surface area contributed by atoms with Crippen molar-refractivity contribution < 1.29 is 9.90 Å². The van der Waals surface area contributed by atoms with Crippen molar-refractivity contribution in [1.29, 1.82) is 0 Å². The minimum absolute atomic E-state index is 0.0385. The zero-order chi connectivity index (χ0) is 14.4. The minimum atomic E-state index is -0.142. The molecule has 0 atom stereocenters. The Kier molecular flexibility index (Phi) is 4.79. The lowest BCUT2D eigenvalue weighted by Crippen LogP contribution is -2.31. The van der Waals surface area contributed by atoms with Crippen molar-refractivity contribution in [2.24, 2.45) is 0 Å². The molecule has 0 aliphatic carbocycles. The van der Waals surface area contributed by atoms with Gasteiger partial charge >= 0.3 is 0 Å². The average Bonchev–Trinajstić information content (AvgIpc) is 2.50. The molecule has 5 nitrogen and oxygen atoms in total. The first kappa shape index (κ1) is 14.1. The summed E-state index contributed by atoms with van der Waals surface area (Å²) in [7, 11) is 0. The van der Waals surface area contributed by atoms with Gasteiger partial charge in [-0.15, -0.1) is 0 Å². The van der Waals surface area contributed by atoms with E-state index in [1.165, 1.54) is 6.08 Å². The summed E-state index contributed by atoms with van der Waals surface area (Å²) < 4.78 is 0. The van der Waals surface area contributed by atoms with Gasteiger partial charge in [-0.1, -0.05) is 12.1 Å². The van der Waals surface area contributed by atoms with Gasteiger partial charge in [0, 0.05) is 19.2 Å². The number of nitrogens with zero attached hydrogens (tertiary/aromatic N) is 3. The van der Waals surface area contributed by atoms with Crippen molar-refractivity contribution >= 4 is 23.0 Å². The van der Waals surface area contributed by atoms with E-state index in [4.69, 9.17) is 5.11 Å². The maximum atomic E-state index is 11.9. The number of rotatable bonds is 5. The van der Waals surface area contributed by atoms with Crippen LogP contribution in [0.3, 0.4) is 0 Å². The number of carbonyl (C=O) groups is 1. The monoisotopic (exact) mass is 271 g/mol. The van der Waals surface area contributed by atoms with E-state index in [1.54, 1.807) is 17.2 Å². The topological polar surface area (TPSA) is 66.3 Å². The van der Waals surface area contributed by atoms with Crippen LogP contribution < -0.4 is 0 Å². The third kappa shape index (κ3) is 3.39. The Morgan fingerprint density at radius 3 is 2.80 bits per heavy atom. The molecule has 5 heteroatoms. The van der Waals surface area contributed by atoms with Crippen molar-refractivity contribution in [2.75, 3.05) is 19.7 Å². The van der Waals surface area contributed by atoms with Crippen LogP contribution in [0.25, 0.3) is 17.1 Å². The summed E-state index contributed by atoms with van der Waals surface area (Å²) in [5.74, 6) is -0.142. The Balaban J connectivity index is 2.14. The third-order valence-electron chi connectivity index (χ3n) is 2.93. The standard InChI is InChI=1S/C15H17N3O2/c1-2-18(9-10-19)15(20)8-7-12-11-16-13-5-3-4-6-14(13)17-12/h3-8,11,19H,2,9-10H2,1H3/b8-7+. The molecule has 0 aliphatic rings. The smallest absolute Gasteiger partial charge is 0.246 e. The fraction of sp³-hybridized carbons (Fsp3) is 0.267. The molecule has 104 valence electrons. The number of hydrogen-bond donors (Lipinski definition) is 1. The van der Waals surface area contributed by atoms with Crippen LogP contribution in [0.4, 0.5) is 0 Å². The van der Waals surface area contributed by atoms with Crippen LogP contribution >= 0.6 is 0 Å². The van der Waals surface area contributed by atoms with Crippen molar-refractivity contribution in [2.45, 2.75) is 6.92 Å². The molecular weight excluding hydrogens is 254 g/mol. The van der Waals surface area contributed by atoms with E-state index in [0.29, 0.717) is 18.8 Å². The quantitative estimate of drug-likeness (QED) is 0.837. The third-order valence-corrected chi connectivity index (χ3v) is 2.93. The summed E-state index contributed by atoms with van der Waals surface area (Å²) in [6.07, 6.45) is 4.73. The van der Waals surface area contributed by atoms with Crippen molar-refractivity contribution in [3.05, 3.63) is 42.2 Å². The van der Waals surface area contributed by atoms with Crippen LogP contribution in [0.2, 0.25) is 0 Å². The zero-order valence-electron chi connectivity index (χ0n) is 11.4. The molecule has 20 heavy (non-hydrogen) atoms. The largest absolute Gasteiger partial charge is 0.395 e. The molecule has 0 saturated carbocycles. The number of benzene rings is 1. The van der Waals surface area contributed by atoms with Crippen molar-refractivity contribution in [1.82, 2.24) is 14.9 Å². The number of likely N-dealkylation sites (N-methyl/N-ethyl adjacent to an activating group) is 1. The van der Waals surface area contributed by atoms with E-state index >= 15 is 0 Å². The van der Waals surface area contributed by atoms with Crippen LogP contribution in [0, 0.1) is 0 Å². The van der Waals surface area contributed by atoms with Crippen LogP contribution in [0.15, 0.2) is 36.5 Å². The van der Waals surface area contributed by atoms with E-state index in [9.17, 15) is 4.79 Å². The summed E-state index contributed by atoms with van der Waals surface area (Å²) in [5.41, 5.74) is 2.26. The normalized spacial score (nSPS) is 11.1. The highest BCUT2D eigenvalue weighted by Crippen LogP contribution is 2.09. The second-order valence-corrected chi connectivity index (χ2v) is 4.26. The van der Waals surface area contributed by atoms with E-state index < -0.39 is 0 Å². The molecule has 1 N–H and O–H groups in total. The number of carbonyl (C=O) groups excluding carboxylic acids is 1. The number of amides is 1. The van der Waals surface area contributed by atoms with Crippen molar-refractivity contribution in [3.8, 4) is 0 Å². The molecule has 0 saturated heterocycles. The Hall–Kier alpha value is -2.27. The molecule has 0 radical (unpaired) electrons.